The van der Waals surface area contributed by atoms with E-state index in [-0.39, 0.29) is 0 Å². The Kier molecular flexibility index (Phi) is 5.51. The maximum atomic E-state index is 10.1. The van der Waals surface area contributed by atoms with E-state index in [1.807, 2.05) is 13.8 Å². The van der Waals surface area contributed by atoms with Crippen LogP contribution < -0.4 is 0 Å². The molecule has 0 amide bonds. The average molecular weight is 174 g/mol. The van der Waals surface area contributed by atoms with Crippen LogP contribution >= 0.6 is 0 Å². The highest BCUT2D eigenvalue weighted by Gasteiger charge is 2.28. The van der Waals surface area contributed by atoms with E-state index < -0.39 is 5.60 Å². The van der Waals surface area contributed by atoms with Gasteiger partial charge < -0.3 is 9.84 Å². The topological polar surface area (TPSA) is 29.5 Å². The fourth-order valence-electron chi connectivity index (χ4n) is 1.51. The molecule has 0 saturated heterocycles. The van der Waals surface area contributed by atoms with Crippen LogP contribution in [0.25, 0.3) is 0 Å². The monoisotopic (exact) mass is 174 g/mol. The van der Waals surface area contributed by atoms with Gasteiger partial charge in [0.25, 0.3) is 0 Å². The molecule has 0 aromatic rings. The van der Waals surface area contributed by atoms with Gasteiger partial charge in [-0.15, -0.1) is 0 Å². The van der Waals surface area contributed by atoms with Crippen LogP contribution in [0.3, 0.4) is 0 Å². The first-order chi connectivity index (χ1) is 5.60. The maximum Gasteiger partial charge on any atom is 0.0668 e. The highest BCUT2D eigenvalue weighted by Crippen LogP contribution is 2.27. The van der Waals surface area contributed by atoms with E-state index in [9.17, 15) is 5.11 Å². The van der Waals surface area contributed by atoms with Gasteiger partial charge in [0.2, 0.25) is 0 Å². The first-order valence-corrected chi connectivity index (χ1v) is 4.82. The molecule has 12 heavy (non-hydrogen) atoms. The van der Waals surface area contributed by atoms with Crippen LogP contribution in [-0.4, -0.2) is 24.4 Å². The predicted octanol–water partition coefficient (Wildman–Crippen LogP) is 2.21. The number of hydrogen-bond acceptors (Lipinski definition) is 2. The molecule has 0 heterocycles. The van der Waals surface area contributed by atoms with E-state index in [1.165, 1.54) is 0 Å². The van der Waals surface area contributed by atoms with Gasteiger partial charge in [-0.1, -0.05) is 20.8 Å². The van der Waals surface area contributed by atoms with Crippen molar-refractivity contribution in [2.24, 2.45) is 5.92 Å². The number of ether oxygens (including phenoxy) is 1. The fourth-order valence-corrected chi connectivity index (χ4v) is 1.51. The molecule has 0 spiro atoms. The Morgan fingerprint density at radius 3 is 2.17 bits per heavy atom. The Morgan fingerprint density at radius 1 is 1.33 bits per heavy atom. The zero-order chi connectivity index (χ0) is 9.61. The summed E-state index contributed by atoms with van der Waals surface area (Å²) in [5.41, 5.74) is -0.488. The molecule has 74 valence electrons. The third-order valence-corrected chi connectivity index (χ3v) is 2.90. The summed E-state index contributed by atoms with van der Waals surface area (Å²) in [7, 11) is 1.70. The molecule has 0 aliphatic carbocycles. The van der Waals surface area contributed by atoms with Crippen LogP contribution in [0.15, 0.2) is 0 Å². The van der Waals surface area contributed by atoms with E-state index in [0.29, 0.717) is 5.92 Å². The second-order valence-electron chi connectivity index (χ2n) is 3.49. The first kappa shape index (κ1) is 11.9. The highest BCUT2D eigenvalue weighted by molar-refractivity contribution is 4.80. The molecule has 0 bridgehead atoms. The molecule has 0 aromatic heterocycles. The van der Waals surface area contributed by atoms with Crippen molar-refractivity contribution >= 4 is 0 Å². The summed E-state index contributed by atoms with van der Waals surface area (Å²) in [6, 6.07) is 0. The van der Waals surface area contributed by atoms with Gasteiger partial charge in [0.05, 0.1) is 5.60 Å². The van der Waals surface area contributed by atoms with Gasteiger partial charge in [0.15, 0.2) is 0 Å². The molecule has 0 fully saturated rings. The van der Waals surface area contributed by atoms with Gasteiger partial charge in [-0.25, -0.2) is 0 Å². The summed E-state index contributed by atoms with van der Waals surface area (Å²) in [4.78, 5) is 0. The Balaban J connectivity index is 3.93. The first-order valence-electron chi connectivity index (χ1n) is 4.82. The molecule has 1 atom stereocenters. The lowest BCUT2D eigenvalue weighted by Gasteiger charge is -2.32. The minimum atomic E-state index is -0.488. The molecule has 0 aliphatic rings. The molecule has 0 aliphatic heterocycles. The summed E-state index contributed by atoms with van der Waals surface area (Å²) < 4.78 is 4.99. The molecule has 1 unspecified atom stereocenters. The van der Waals surface area contributed by atoms with Crippen LogP contribution in [0.1, 0.15) is 40.0 Å². The number of rotatable bonds is 6. The van der Waals surface area contributed by atoms with Crippen molar-refractivity contribution in [3.63, 3.8) is 0 Å². The second-order valence-corrected chi connectivity index (χ2v) is 3.49. The molecule has 0 aromatic carbocycles. The molecule has 0 rings (SSSR count). The van der Waals surface area contributed by atoms with E-state index in [2.05, 4.69) is 6.92 Å². The number of aliphatic hydroxyl groups is 1. The summed E-state index contributed by atoms with van der Waals surface area (Å²) in [5.74, 6) is 0.326. The van der Waals surface area contributed by atoms with Crippen LogP contribution in [0, 0.1) is 5.92 Å². The lowest BCUT2D eigenvalue weighted by atomic mass is 9.82. The minimum Gasteiger partial charge on any atom is -0.390 e. The minimum absolute atomic E-state index is 0.326. The summed E-state index contributed by atoms with van der Waals surface area (Å²) in [6.45, 7) is 6.90. The second kappa shape index (κ2) is 5.55. The zero-order valence-electron chi connectivity index (χ0n) is 8.76. The summed E-state index contributed by atoms with van der Waals surface area (Å²) in [5, 5.41) is 10.1. The van der Waals surface area contributed by atoms with Crippen molar-refractivity contribution < 1.29 is 9.84 Å². The van der Waals surface area contributed by atoms with Gasteiger partial charge in [-0.3, -0.25) is 0 Å². The molecule has 2 nitrogen and oxygen atoms in total. The maximum absolute atomic E-state index is 10.1. The Morgan fingerprint density at radius 2 is 1.83 bits per heavy atom. The highest BCUT2D eigenvalue weighted by atomic mass is 16.5. The normalized spacial score (nSPS) is 14.8. The van der Waals surface area contributed by atoms with E-state index in [0.717, 1.165) is 25.9 Å². The Bertz CT molecular complexity index is 108. The third-order valence-electron chi connectivity index (χ3n) is 2.90. The van der Waals surface area contributed by atoms with Gasteiger partial charge in [0, 0.05) is 13.7 Å². The lowest BCUT2D eigenvalue weighted by Crippen LogP contribution is -2.35. The van der Waals surface area contributed by atoms with Crippen molar-refractivity contribution in [2.75, 3.05) is 13.7 Å². The van der Waals surface area contributed by atoms with E-state index in [1.54, 1.807) is 7.11 Å². The van der Waals surface area contributed by atoms with Crippen LogP contribution in [0.4, 0.5) is 0 Å². The van der Waals surface area contributed by atoms with Gasteiger partial charge in [0.1, 0.15) is 0 Å². The Labute approximate surface area is 75.9 Å². The lowest BCUT2D eigenvalue weighted by molar-refractivity contribution is -0.0290. The molecule has 0 radical (unpaired) electrons. The average Bonchev–Trinajstić information content (AvgIpc) is 2.12. The number of methoxy groups -OCH3 is 1. The molecular formula is C10H22O2. The number of hydrogen-bond donors (Lipinski definition) is 1. The Hall–Kier alpha value is -0.0800. The van der Waals surface area contributed by atoms with Crippen molar-refractivity contribution in [3.05, 3.63) is 0 Å². The van der Waals surface area contributed by atoms with Crippen LogP contribution in [-0.2, 0) is 4.74 Å². The van der Waals surface area contributed by atoms with Crippen molar-refractivity contribution in [1.29, 1.82) is 0 Å². The molecule has 2 heteroatoms. The molecular weight excluding hydrogens is 152 g/mol. The van der Waals surface area contributed by atoms with E-state index >= 15 is 0 Å². The summed E-state index contributed by atoms with van der Waals surface area (Å²) in [6.07, 6.45) is 2.59. The van der Waals surface area contributed by atoms with Gasteiger partial charge in [-0.2, -0.15) is 0 Å². The zero-order valence-corrected chi connectivity index (χ0v) is 8.76. The van der Waals surface area contributed by atoms with Crippen LogP contribution in [0.2, 0.25) is 0 Å². The smallest absolute Gasteiger partial charge is 0.0668 e. The van der Waals surface area contributed by atoms with Crippen molar-refractivity contribution in [3.8, 4) is 0 Å². The van der Waals surface area contributed by atoms with Crippen molar-refractivity contribution in [2.45, 2.75) is 45.6 Å². The third kappa shape index (κ3) is 3.11. The van der Waals surface area contributed by atoms with Crippen LogP contribution in [0.5, 0.6) is 0 Å². The largest absolute Gasteiger partial charge is 0.390 e. The fraction of sp³-hybridized carbons (Fsp3) is 1.00. The standard InChI is InChI=1S/C10H22O2/c1-5-10(11,6-2)9(3)7-8-12-4/h9,11H,5-8H2,1-4H3. The molecule has 1 N–H and O–H groups in total. The van der Waals surface area contributed by atoms with Gasteiger partial charge in [-0.05, 0) is 25.2 Å². The molecule has 0 saturated carbocycles. The van der Waals surface area contributed by atoms with Gasteiger partial charge >= 0.3 is 0 Å². The summed E-state index contributed by atoms with van der Waals surface area (Å²) >= 11 is 0. The SMILES string of the molecule is CCC(O)(CC)C(C)CCOC. The van der Waals surface area contributed by atoms with Crippen molar-refractivity contribution in [1.82, 2.24) is 0 Å². The predicted molar refractivity (Wildman–Crippen MR) is 51.2 cm³/mol. The van der Waals surface area contributed by atoms with E-state index in [4.69, 9.17) is 4.74 Å². The quantitative estimate of drug-likeness (QED) is 0.669.